The average Bonchev–Trinajstić information content (AvgIpc) is 2.89. The lowest BCUT2D eigenvalue weighted by molar-refractivity contribution is 0.167. The molecule has 0 radical (unpaired) electrons. The van der Waals surface area contributed by atoms with Crippen LogP contribution in [0.3, 0.4) is 0 Å². The molecule has 0 amide bonds. The molecule has 3 rings (SSSR count). The number of nitrogens with zero attached hydrogens (tertiary/aromatic N) is 2. The van der Waals surface area contributed by atoms with Crippen molar-refractivity contribution >= 4 is 0 Å². The average molecular weight is 259 g/mol. The van der Waals surface area contributed by atoms with Crippen LogP contribution in [0.2, 0.25) is 0 Å². The van der Waals surface area contributed by atoms with E-state index in [1.54, 1.807) is 29.2 Å². The van der Waals surface area contributed by atoms with E-state index in [2.05, 4.69) is 10.4 Å². The predicted molar refractivity (Wildman–Crippen MR) is 71.7 cm³/mol. The summed E-state index contributed by atoms with van der Waals surface area (Å²) in [6.45, 7) is 1.94. The molecule has 5 nitrogen and oxygen atoms in total. The molecule has 5 heteroatoms. The van der Waals surface area contributed by atoms with Gasteiger partial charge in [0.1, 0.15) is 17.5 Å². The molecule has 1 unspecified atom stereocenters. The Morgan fingerprint density at radius 3 is 3.05 bits per heavy atom. The molecule has 1 aromatic heterocycles. The Morgan fingerprint density at radius 1 is 1.37 bits per heavy atom. The van der Waals surface area contributed by atoms with E-state index in [1.165, 1.54) is 0 Å². The maximum atomic E-state index is 9.78. The minimum atomic E-state index is 0.204. The molecule has 2 heterocycles. The van der Waals surface area contributed by atoms with Crippen molar-refractivity contribution in [1.82, 2.24) is 15.1 Å². The lowest BCUT2D eigenvalue weighted by atomic mass is 10.1. The molecule has 0 bridgehead atoms. The van der Waals surface area contributed by atoms with Gasteiger partial charge in [0.15, 0.2) is 5.75 Å². The van der Waals surface area contributed by atoms with Crippen LogP contribution in [-0.4, -0.2) is 34.1 Å². The maximum Gasteiger partial charge on any atom is 0.158 e. The van der Waals surface area contributed by atoms with Gasteiger partial charge in [-0.05, 0) is 31.5 Å². The molecule has 0 spiro atoms. The third-order valence-electron chi connectivity index (χ3n) is 3.24. The zero-order chi connectivity index (χ0) is 13.1. The smallest absolute Gasteiger partial charge is 0.158 e. The highest BCUT2D eigenvalue weighted by atomic mass is 16.5. The van der Waals surface area contributed by atoms with E-state index < -0.39 is 0 Å². The van der Waals surface area contributed by atoms with Gasteiger partial charge >= 0.3 is 0 Å². The van der Waals surface area contributed by atoms with Gasteiger partial charge < -0.3 is 15.2 Å². The molecule has 2 aromatic rings. The molecule has 19 heavy (non-hydrogen) atoms. The molecule has 100 valence electrons. The fraction of sp³-hybridized carbons (Fsp3) is 0.357. The molecule has 1 aliphatic rings. The number of para-hydroxylation sites is 2. The van der Waals surface area contributed by atoms with Gasteiger partial charge in [-0.2, -0.15) is 5.10 Å². The van der Waals surface area contributed by atoms with Crippen molar-refractivity contribution in [2.45, 2.75) is 18.9 Å². The third-order valence-corrected chi connectivity index (χ3v) is 3.24. The van der Waals surface area contributed by atoms with E-state index >= 15 is 0 Å². The van der Waals surface area contributed by atoms with Crippen LogP contribution in [0.4, 0.5) is 0 Å². The van der Waals surface area contributed by atoms with Crippen LogP contribution in [-0.2, 0) is 0 Å². The molecule has 2 N–H and O–H groups in total. The number of hydrogen-bond acceptors (Lipinski definition) is 4. The lowest BCUT2D eigenvalue weighted by Crippen LogP contribution is -2.37. The molecule has 0 aliphatic carbocycles. The van der Waals surface area contributed by atoms with Crippen LogP contribution >= 0.6 is 0 Å². The van der Waals surface area contributed by atoms with Crippen molar-refractivity contribution in [2.24, 2.45) is 0 Å². The Balaban J connectivity index is 1.74. The summed E-state index contributed by atoms with van der Waals surface area (Å²) >= 11 is 0. The van der Waals surface area contributed by atoms with Gasteiger partial charge in [-0.1, -0.05) is 12.1 Å². The van der Waals surface area contributed by atoms with Crippen molar-refractivity contribution in [3.63, 3.8) is 0 Å². The van der Waals surface area contributed by atoms with Crippen LogP contribution in [0.1, 0.15) is 12.8 Å². The normalized spacial score (nSPS) is 19.3. The molecule has 1 fully saturated rings. The van der Waals surface area contributed by atoms with Crippen LogP contribution in [0.5, 0.6) is 11.5 Å². The molecule has 0 saturated carbocycles. The minimum Gasteiger partial charge on any atom is -0.506 e. The van der Waals surface area contributed by atoms with Gasteiger partial charge in [0.25, 0.3) is 0 Å². The Labute approximate surface area is 111 Å². The van der Waals surface area contributed by atoms with E-state index in [4.69, 9.17) is 4.74 Å². The second-order valence-electron chi connectivity index (χ2n) is 4.70. The summed E-state index contributed by atoms with van der Waals surface area (Å²) in [7, 11) is 0. The lowest BCUT2D eigenvalue weighted by Gasteiger charge is -2.22. The highest BCUT2D eigenvalue weighted by Gasteiger charge is 2.15. The first kappa shape index (κ1) is 12.0. The summed E-state index contributed by atoms with van der Waals surface area (Å²) in [5.41, 5.74) is 0.652. The SMILES string of the molecule is Oc1ccccc1-n1cc(OC2CCCNC2)cn1. The minimum absolute atomic E-state index is 0.204. The number of benzene rings is 1. The van der Waals surface area contributed by atoms with Crippen LogP contribution in [0, 0.1) is 0 Å². The number of phenolic OH excluding ortho intramolecular Hbond substituents is 1. The summed E-state index contributed by atoms with van der Waals surface area (Å²) < 4.78 is 7.50. The van der Waals surface area contributed by atoms with Crippen molar-refractivity contribution in [3.8, 4) is 17.2 Å². The Morgan fingerprint density at radius 2 is 2.26 bits per heavy atom. The standard InChI is InChI=1S/C14H17N3O2/c18-14-6-2-1-5-13(14)17-10-12(9-16-17)19-11-4-3-7-15-8-11/h1-2,5-6,9-11,15,18H,3-4,7-8H2. The van der Waals surface area contributed by atoms with Crippen LogP contribution in [0.15, 0.2) is 36.7 Å². The first-order valence-electron chi connectivity index (χ1n) is 6.53. The van der Waals surface area contributed by atoms with Crippen molar-refractivity contribution < 1.29 is 9.84 Å². The topological polar surface area (TPSA) is 59.3 Å². The molecule has 1 saturated heterocycles. The number of nitrogens with one attached hydrogen (secondary N) is 1. The van der Waals surface area contributed by atoms with E-state index in [-0.39, 0.29) is 11.9 Å². The zero-order valence-electron chi connectivity index (χ0n) is 10.6. The predicted octanol–water partition coefficient (Wildman–Crippen LogP) is 1.71. The van der Waals surface area contributed by atoms with Gasteiger partial charge in [0.05, 0.1) is 12.4 Å². The second kappa shape index (κ2) is 5.32. The monoisotopic (exact) mass is 259 g/mol. The summed E-state index contributed by atoms with van der Waals surface area (Å²) in [5, 5.41) is 17.3. The summed E-state index contributed by atoms with van der Waals surface area (Å²) in [6, 6.07) is 7.10. The van der Waals surface area contributed by atoms with Gasteiger partial charge in [-0.25, -0.2) is 4.68 Å². The molecule has 1 atom stereocenters. The number of ether oxygens (including phenoxy) is 1. The van der Waals surface area contributed by atoms with E-state index in [0.717, 1.165) is 31.7 Å². The number of piperidine rings is 1. The van der Waals surface area contributed by atoms with Gasteiger partial charge in [0.2, 0.25) is 0 Å². The summed E-state index contributed by atoms with van der Waals surface area (Å²) in [4.78, 5) is 0. The number of aromatic hydroxyl groups is 1. The van der Waals surface area contributed by atoms with Gasteiger partial charge in [-0.3, -0.25) is 0 Å². The maximum absolute atomic E-state index is 9.78. The first-order valence-corrected chi connectivity index (χ1v) is 6.53. The molecule has 1 aliphatic heterocycles. The van der Waals surface area contributed by atoms with E-state index in [1.807, 2.05) is 12.1 Å². The molecular formula is C14H17N3O2. The van der Waals surface area contributed by atoms with Gasteiger partial charge in [0, 0.05) is 6.54 Å². The van der Waals surface area contributed by atoms with E-state index in [0.29, 0.717) is 5.69 Å². The second-order valence-corrected chi connectivity index (χ2v) is 4.70. The van der Waals surface area contributed by atoms with Crippen molar-refractivity contribution in [3.05, 3.63) is 36.7 Å². The van der Waals surface area contributed by atoms with Crippen LogP contribution in [0.25, 0.3) is 5.69 Å². The Bertz CT molecular complexity index is 547. The fourth-order valence-corrected chi connectivity index (χ4v) is 2.27. The van der Waals surface area contributed by atoms with Crippen molar-refractivity contribution in [1.29, 1.82) is 0 Å². The highest BCUT2D eigenvalue weighted by molar-refractivity contribution is 5.45. The quantitative estimate of drug-likeness (QED) is 0.881. The summed E-state index contributed by atoms with van der Waals surface area (Å²) in [5.74, 6) is 0.938. The Kier molecular flexibility index (Phi) is 3.37. The zero-order valence-corrected chi connectivity index (χ0v) is 10.6. The summed E-state index contributed by atoms with van der Waals surface area (Å²) in [6.07, 6.45) is 5.88. The number of rotatable bonds is 3. The van der Waals surface area contributed by atoms with Crippen LogP contribution < -0.4 is 10.1 Å². The number of hydrogen-bond donors (Lipinski definition) is 2. The molecule has 1 aromatic carbocycles. The van der Waals surface area contributed by atoms with Crippen molar-refractivity contribution in [2.75, 3.05) is 13.1 Å². The Hall–Kier alpha value is -2.01. The number of aromatic nitrogens is 2. The third kappa shape index (κ3) is 2.71. The largest absolute Gasteiger partial charge is 0.506 e. The van der Waals surface area contributed by atoms with E-state index in [9.17, 15) is 5.11 Å². The highest BCUT2D eigenvalue weighted by Crippen LogP contribution is 2.23. The molecular weight excluding hydrogens is 242 g/mol. The fourth-order valence-electron chi connectivity index (χ4n) is 2.27. The number of phenols is 1. The first-order chi connectivity index (χ1) is 9.33. The van der Waals surface area contributed by atoms with Gasteiger partial charge in [-0.15, -0.1) is 0 Å².